The van der Waals surface area contributed by atoms with Crippen molar-refractivity contribution in [2.75, 3.05) is 11.9 Å². The number of nitrogens with one attached hydrogen (secondary N) is 1. The lowest BCUT2D eigenvalue weighted by atomic mass is 9.96. The standard InChI is InChI=1S/C13H18N4/c1-9(7-14)8-15-13-11-5-3-4-6-12(11)16-10(2)17-13/h9H,3-6,8H2,1-2H3,(H,15,16,17). The maximum Gasteiger partial charge on any atom is 0.133 e. The fourth-order valence-electron chi connectivity index (χ4n) is 2.16. The predicted molar refractivity (Wildman–Crippen MR) is 66.7 cm³/mol. The van der Waals surface area contributed by atoms with Crippen LogP contribution >= 0.6 is 0 Å². The van der Waals surface area contributed by atoms with Crippen LogP contribution in [-0.4, -0.2) is 16.5 Å². The summed E-state index contributed by atoms with van der Waals surface area (Å²) in [7, 11) is 0. The van der Waals surface area contributed by atoms with Gasteiger partial charge in [0, 0.05) is 17.8 Å². The zero-order valence-corrected chi connectivity index (χ0v) is 10.5. The first-order chi connectivity index (χ1) is 8.20. The summed E-state index contributed by atoms with van der Waals surface area (Å²) < 4.78 is 0. The van der Waals surface area contributed by atoms with E-state index in [4.69, 9.17) is 5.26 Å². The summed E-state index contributed by atoms with van der Waals surface area (Å²) in [6, 6.07) is 2.22. The van der Waals surface area contributed by atoms with Gasteiger partial charge in [-0.1, -0.05) is 0 Å². The van der Waals surface area contributed by atoms with Gasteiger partial charge in [0.1, 0.15) is 11.6 Å². The summed E-state index contributed by atoms with van der Waals surface area (Å²) in [6.45, 7) is 4.49. The minimum Gasteiger partial charge on any atom is -0.368 e. The zero-order valence-electron chi connectivity index (χ0n) is 10.5. The van der Waals surface area contributed by atoms with Gasteiger partial charge in [-0.15, -0.1) is 0 Å². The summed E-state index contributed by atoms with van der Waals surface area (Å²) in [5, 5.41) is 12.1. The molecule has 4 nitrogen and oxygen atoms in total. The summed E-state index contributed by atoms with van der Waals surface area (Å²) >= 11 is 0. The lowest BCUT2D eigenvalue weighted by Gasteiger charge is -2.19. The Morgan fingerprint density at radius 3 is 2.88 bits per heavy atom. The third kappa shape index (κ3) is 2.73. The van der Waals surface area contributed by atoms with Gasteiger partial charge >= 0.3 is 0 Å². The van der Waals surface area contributed by atoms with Crippen molar-refractivity contribution in [2.24, 2.45) is 5.92 Å². The van der Waals surface area contributed by atoms with Crippen molar-refractivity contribution in [1.29, 1.82) is 5.26 Å². The highest BCUT2D eigenvalue weighted by molar-refractivity contribution is 5.47. The minimum absolute atomic E-state index is 0.00418. The first kappa shape index (κ1) is 11.8. The third-order valence-corrected chi connectivity index (χ3v) is 3.09. The maximum atomic E-state index is 8.78. The molecule has 0 radical (unpaired) electrons. The molecule has 2 rings (SSSR count). The van der Waals surface area contributed by atoms with E-state index in [9.17, 15) is 0 Å². The Morgan fingerprint density at radius 2 is 2.12 bits per heavy atom. The summed E-state index contributed by atoms with van der Waals surface area (Å²) in [5.41, 5.74) is 2.45. The van der Waals surface area contributed by atoms with Gasteiger partial charge in [0.15, 0.2) is 0 Å². The summed E-state index contributed by atoms with van der Waals surface area (Å²) in [6.07, 6.45) is 4.54. The molecule has 1 aliphatic carbocycles. The molecule has 1 atom stereocenters. The van der Waals surface area contributed by atoms with Crippen LogP contribution in [0.1, 0.15) is 36.8 Å². The highest BCUT2D eigenvalue weighted by atomic mass is 15.0. The molecule has 0 spiro atoms. The molecule has 1 unspecified atom stereocenters. The van der Waals surface area contributed by atoms with Gasteiger partial charge in [-0.25, -0.2) is 9.97 Å². The van der Waals surface area contributed by atoms with Crippen LogP contribution in [0.15, 0.2) is 0 Å². The van der Waals surface area contributed by atoms with E-state index < -0.39 is 0 Å². The maximum absolute atomic E-state index is 8.78. The number of nitriles is 1. The third-order valence-electron chi connectivity index (χ3n) is 3.09. The number of rotatable bonds is 3. The van der Waals surface area contributed by atoms with E-state index in [1.54, 1.807) is 0 Å². The largest absolute Gasteiger partial charge is 0.368 e. The van der Waals surface area contributed by atoms with Crippen molar-refractivity contribution in [2.45, 2.75) is 39.5 Å². The Morgan fingerprint density at radius 1 is 1.35 bits per heavy atom. The highest BCUT2D eigenvalue weighted by Crippen LogP contribution is 2.25. The van der Waals surface area contributed by atoms with Crippen LogP contribution in [0, 0.1) is 24.2 Å². The van der Waals surface area contributed by atoms with E-state index in [1.807, 2.05) is 13.8 Å². The van der Waals surface area contributed by atoms with Gasteiger partial charge in [-0.3, -0.25) is 0 Å². The van der Waals surface area contributed by atoms with Crippen molar-refractivity contribution < 1.29 is 0 Å². The molecule has 0 fully saturated rings. The molecular formula is C13H18N4. The number of aromatic nitrogens is 2. The van der Waals surface area contributed by atoms with Gasteiger partial charge in [-0.2, -0.15) is 5.26 Å². The quantitative estimate of drug-likeness (QED) is 0.865. The Hall–Kier alpha value is -1.63. The predicted octanol–water partition coefficient (Wildman–Crippen LogP) is 2.24. The Kier molecular flexibility index (Phi) is 3.58. The summed E-state index contributed by atoms with van der Waals surface area (Å²) in [5.74, 6) is 1.76. The SMILES string of the molecule is Cc1nc2c(c(NCC(C)C#N)n1)CCCC2. The second-order valence-electron chi connectivity index (χ2n) is 4.66. The molecule has 0 saturated carbocycles. The van der Waals surface area contributed by atoms with Gasteiger partial charge in [0.2, 0.25) is 0 Å². The number of aryl methyl sites for hydroxylation is 2. The van der Waals surface area contributed by atoms with Crippen LogP contribution in [-0.2, 0) is 12.8 Å². The lowest BCUT2D eigenvalue weighted by Crippen LogP contribution is -2.17. The van der Waals surface area contributed by atoms with E-state index in [1.165, 1.54) is 24.1 Å². The van der Waals surface area contributed by atoms with E-state index in [2.05, 4.69) is 21.4 Å². The van der Waals surface area contributed by atoms with Gasteiger partial charge in [0.05, 0.1) is 12.0 Å². The van der Waals surface area contributed by atoms with Crippen molar-refractivity contribution in [3.63, 3.8) is 0 Å². The molecule has 0 saturated heterocycles. The van der Waals surface area contributed by atoms with Crippen LogP contribution in [0.3, 0.4) is 0 Å². The average molecular weight is 230 g/mol. The normalized spacial score (nSPS) is 15.8. The Balaban J connectivity index is 2.21. The molecule has 0 bridgehead atoms. The fourth-order valence-corrected chi connectivity index (χ4v) is 2.16. The summed E-state index contributed by atoms with van der Waals surface area (Å²) in [4.78, 5) is 8.97. The van der Waals surface area contributed by atoms with Crippen LogP contribution in [0.4, 0.5) is 5.82 Å². The molecule has 0 aromatic carbocycles. The molecule has 4 heteroatoms. The number of hydrogen-bond acceptors (Lipinski definition) is 4. The number of fused-ring (bicyclic) bond motifs is 1. The Bertz CT molecular complexity index is 447. The lowest BCUT2D eigenvalue weighted by molar-refractivity contribution is 0.657. The van der Waals surface area contributed by atoms with Crippen LogP contribution in [0.2, 0.25) is 0 Å². The molecule has 17 heavy (non-hydrogen) atoms. The highest BCUT2D eigenvalue weighted by Gasteiger charge is 2.16. The molecule has 1 aromatic rings. The van der Waals surface area contributed by atoms with Crippen LogP contribution in [0.5, 0.6) is 0 Å². The fraction of sp³-hybridized carbons (Fsp3) is 0.615. The minimum atomic E-state index is 0.00418. The molecule has 0 aliphatic heterocycles. The topological polar surface area (TPSA) is 61.6 Å². The number of hydrogen-bond donors (Lipinski definition) is 1. The molecule has 1 aliphatic rings. The van der Waals surface area contributed by atoms with Crippen LogP contribution in [0.25, 0.3) is 0 Å². The van der Waals surface area contributed by atoms with Crippen molar-refractivity contribution in [3.8, 4) is 6.07 Å². The van der Waals surface area contributed by atoms with E-state index >= 15 is 0 Å². The smallest absolute Gasteiger partial charge is 0.133 e. The Labute approximate surface area is 102 Å². The van der Waals surface area contributed by atoms with E-state index in [0.29, 0.717) is 6.54 Å². The molecule has 1 heterocycles. The van der Waals surface area contributed by atoms with E-state index in [0.717, 1.165) is 24.5 Å². The molecular weight excluding hydrogens is 212 g/mol. The number of anilines is 1. The zero-order chi connectivity index (χ0) is 12.3. The second kappa shape index (κ2) is 5.13. The first-order valence-electron chi connectivity index (χ1n) is 6.20. The average Bonchev–Trinajstić information content (AvgIpc) is 2.35. The first-order valence-corrected chi connectivity index (χ1v) is 6.20. The molecule has 90 valence electrons. The van der Waals surface area contributed by atoms with Gasteiger partial charge in [-0.05, 0) is 39.5 Å². The van der Waals surface area contributed by atoms with Crippen LogP contribution < -0.4 is 5.32 Å². The second-order valence-corrected chi connectivity index (χ2v) is 4.66. The number of nitrogens with zero attached hydrogens (tertiary/aromatic N) is 3. The van der Waals surface area contributed by atoms with Gasteiger partial charge < -0.3 is 5.32 Å². The van der Waals surface area contributed by atoms with Crippen molar-refractivity contribution >= 4 is 5.82 Å². The molecule has 0 amide bonds. The monoisotopic (exact) mass is 230 g/mol. The van der Waals surface area contributed by atoms with Crippen molar-refractivity contribution in [1.82, 2.24) is 9.97 Å². The molecule has 1 N–H and O–H groups in total. The molecule has 1 aromatic heterocycles. The van der Waals surface area contributed by atoms with Gasteiger partial charge in [0.25, 0.3) is 0 Å². The van der Waals surface area contributed by atoms with E-state index in [-0.39, 0.29) is 5.92 Å². The van der Waals surface area contributed by atoms with Crippen molar-refractivity contribution in [3.05, 3.63) is 17.1 Å².